The number of para-hydroxylation sites is 1. The normalized spacial score (nSPS) is 15.4. The molecule has 2 aromatic heterocycles. The first-order chi connectivity index (χ1) is 13.1. The Hall–Kier alpha value is -2.78. The predicted octanol–water partition coefficient (Wildman–Crippen LogP) is 2.32. The molecule has 3 heterocycles. The second kappa shape index (κ2) is 7.09. The maximum absolute atomic E-state index is 12.9. The Kier molecular flexibility index (Phi) is 4.63. The molecule has 4 rings (SSSR count). The van der Waals surface area contributed by atoms with Crippen LogP contribution in [0.25, 0.3) is 11.5 Å². The summed E-state index contributed by atoms with van der Waals surface area (Å²) in [4.78, 5) is 8.70. The molecule has 3 aromatic rings. The fraction of sp³-hybridized carbons (Fsp3) is 0.278. The number of ether oxygens (including phenoxy) is 1. The number of nitrogens with zero attached hydrogens (tertiary/aromatic N) is 4. The highest BCUT2D eigenvalue weighted by Crippen LogP contribution is 2.34. The van der Waals surface area contributed by atoms with E-state index >= 15 is 0 Å². The monoisotopic (exact) mass is 386 g/mol. The standard InChI is InChI=1S/C18H18N4O4S/c1-2-25-15-8-3-4-9-16(15)27(23,24)22-11-13(12-22)18-20-17(21-26-18)14-7-5-6-10-19-14/h3-10,13H,2,11-12H2,1H3. The van der Waals surface area contributed by atoms with Crippen LogP contribution in [0.5, 0.6) is 5.75 Å². The third-order valence-corrected chi connectivity index (χ3v) is 6.17. The van der Waals surface area contributed by atoms with Crippen molar-refractivity contribution in [1.29, 1.82) is 0 Å². The highest BCUT2D eigenvalue weighted by molar-refractivity contribution is 7.89. The molecular weight excluding hydrogens is 368 g/mol. The van der Waals surface area contributed by atoms with Gasteiger partial charge in [0.1, 0.15) is 16.3 Å². The van der Waals surface area contributed by atoms with E-state index in [0.29, 0.717) is 29.8 Å². The van der Waals surface area contributed by atoms with Crippen LogP contribution >= 0.6 is 0 Å². The molecule has 0 bridgehead atoms. The van der Waals surface area contributed by atoms with Crippen molar-refractivity contribution in [3.05, 3.63) is 54.6 Å². The van der Waals surface area contributed by atoms with Gasteiger partial charge in [-0.2, -0.15) is 9.29 Å². The molecular formula is C18H18N4O4S. The molecule has 1 fully saturated rings. The summed E-state index contributed by atoms with van der Waals surface area (Å²) in [5, 5.41) is 3.94. The number of rotatable bonds is 6. The van der Waals surface area contributed by atoms with Gasteiger partial charge in [-0.3, -0.25) is 4.98 Å². The van der Waals surface area contributed by atoms with Gasteiger partial charge in [0.25, 0.3) is 0 Å². The Morgan fingerprint density at radius 1 is 1.19 bits per heavy atom. The molecule has 0 radical (unpaired) electrons. The Labute approximate surface area is 156 Å². The molecule has 0 atom stereocenters. The quantitative estimate of drug-likeness (QED) is 0.641. The van der Waals surface area contributed by atoms with Crippen molar-refractivity contribution >= 4 is 10.0 Å². The van der Waals surface area contributed by atoms with Gasteiger partial charge in [0.05, 0.1) is 12.5 Å². The molecule has 0 aliphatic carbocycles. The van der Waals surface area contributed by atoms with Gasteiger partial charge >= 0.3 is 0 Å². The zero-order chi connectivity index (χ0) is 18.9. The predicted molar refractivity (Wildman–Crippen MR) is 96.6 cm³/mol. The number of sulfonamides is 1. The Morgan fingerprint density at radius 2 is 1.96 bits per heavy atom. The van der Waals surface area contributed by atoms with Crippen molar-refractivity contribution < 1.29 is 17.7 Å². The molecule has 1 aromatic carbocycles. The average molecular weight is 386 g/mol. The molecule has 0 N–H and O–H groups in total. The summed E-state index contributed by atoms with van der Waals surface area (Å²) in [5.74, 6) is 1.04. The van der Waals surface area contributed by atoms with Gasteiger partial charge < -0.3 is 9.26 Å². The lowest BCUT2D eigenvalue weighted by atomic mass is 10.0. The van der Waals surface area contributed by atoms with E-state index in [1.54, 1.807) is 42.6 Å². The Morgan fingerprint density at radius 3 is 2.70 bits per heavy atom. The van der Waals surface area contributed by atoms with Gasteiger partial charge in [-0.05, 0) is 31.2 Å². The van der Waals surface area contributed by atoms with Crippen LogP contribution in [0.2, 0.25) is 0 Å². The smallest absolute Gasteiger partial charge is 0.246 e. The van der Waals surface area contributed by atoms with Gasteiger partial charge in [0, 0.05) is 19.3 Å². The molecule has 27 heavy (non-hydrogen) atoms. The molecule has 9 heteroatoms. The Balaban J connectivity index is 1.49. The van der Waals surface area contributed by atoms with Crippen LogP contribution in [-0.2, 0) is 10.0 Å². The van der Waals surface area contributed by atoms with E-state index in [1.165, 1.54) is 4.31 Å². The molecule has 0 amide bonds. The first kappa shape index (κ1) is 17.6. The van der Waals surface area contributed by atoms with E-state index in [1.807, 2.05) is 13.0 Å². The van der Waals surface area contributed by atoms with E-state index in [9.17, 15) is 8.42 Å². The minimum absolute atomic E-state index is 0.135. The largest absolute Gasteiger partial charge is 0.492 e. The van der Waals surface area contributed by atoms with Crippen LogP contribution in [0.4, 0.5) is 0 Å². The van der Waals surface area contributed by atoms with Crippen LogP contribution in [0.1, 0.15) is 18.7 Å². The van der Waals surface area contributed by atoms with Crippen LogP contribution in [-0.4, -0.2) is 47.5 Å². The molecule has 0 unspecified atom stereocenters. The van der Waals surface area contributed by atoms with E-state index in [-0.39, 0.29) is 23.9 Å². The molecule has 1 aliphatic heterocycles. The summed E-state index contributed by atoms with van der Waals surface area (Å²) in [5.41, 5.74) is 0.613. The molecule has 1 saturated heterocycles. The third-order valence-electron chi connectivity index (χ3n) is 4.30. The fourth-order valence-electron chi connectivity index (χ4n) is 2.87. The summed E-state index contributed by atoms with van der Waals surface area (Å²) in [7, 11) is -3.64. The lowest BCUT2D eigenvalue weighted by Gasteiger charge is -2.36. The fourth-order valence-corrected chi connectivity index (χ4v) is 4.53. The van der Waals surface area contributed by atoms with Gasteiger partial charge in [0.15, 0.2) is 0 Å². The van der Waals surface area contributed by atoms with Crippen molar-refractivity contribution in [2.24, 2.45) is 0 Å². The van der Waals surface area contributed by atoms with Gasteiger partial charge in [-0.1, -0.05) is 23.4 Å². The van der Waals surface area contributed by atoms with Crippen molar-refractivity contribution in [1.82, 2.24) is 19.4 Å². The first-order valence-corrected chi connectivity index (χ1v) is 10.0. The summed E-state index contributed by atoms with van der Waals surface area (Å²) in [6.45, 7) is 2.78. The molecule has 0 saturated carbocycles. The summed E-state index contributed by atoms with van der Waals surface area (Å²) in [6.07, 6.45) is 1.65. The number of hydrogen-bond acceptors (Lipinski definition) is 7. The topological polar surface area (TPSA) is 98.4 Å². The molecule has 1 aliphatic rings. The number of pyridine rings is 1. The van der Waals surface area contributed by atoms with Crippen LogP contribution in [0.3, 0.4) is 0 Å². The highest BCUT2D eigenvalue weighted by Gasteiger charge is 2.41. The molecule has 0 spiro atoms. The van der Waals surface area contributed by atoms with Crippen molar-refractivity contribution in [2.75, 3.05) is 19.7 Å². The van der Waals surface area contributed by atoms with Crippen molar-refractivity contribution in [3.8, 4) is 17.3 Å². The van der Waals surface area contributed by atoms with Crippen LogP contribution in [0.15, 0.2) is 58.1 Å². The second-order valence-electron chi connectivity index (χ2n) is 6.07. The average Bonchev–Trinajstić information content (AvgIpc) is 3.11. The maximum Gasteiger partial charge on any atom is 0.246 e. The Bertz CT molecular complexity index is 1030. The lowest BCUT2D eigenvalue weighted by molar-refractivity contribution is 0.216. The molecule has 140 valence electrons. The molecule has 8 nitrogen and oxygen atoms in total. The van der Waals surface area contributed by atoms with Gasteiger partial charge in [-0.25, -0.2) is 8.42 Å². The van der Waals surface area contributed by atoms with Crippen molar-refractivity contribution in [3.63, 3.8) is 0 Å². The van der Waals surface area contributed by atoms with Crippen LogP contribution < -0.4 is 4.74 Å². The summed E-state index contributed by atoms with van der Waals surface area (Å²) >= 11 is 0. The van der Waals surface area contributed by atoms with E-state index in [4.69, 9.17) is 9.26 Å². The zero-order valence-corrected chi connectivity index (χ0v) is 15.5. The highest BCUT2D eigenvalue weighted by atomic mass is 32.2. The summed E-state index contributed by atoms with van der Waals surface area (Å²) < 4.78 is 37.9. The van der Waals surface area contributed by atoms with E-state index in [2.05, 4.69) is 15.1 Å². The zero-order valence-electron chi connectivity index (χ0n) is 14.6. The van der Waals surface area contributed by atoms with E-state index < -0.39 is 10.0 Å². The summed E-state index contributed by atoms with van der Waals surface area (Å²) in [6, 6.07) is 12.1. The van der Waals surface area contributed by atoms with Crippen molar-refractivity contribution in [2.45, 2.75) is 17.7 Å². The SMILES string of the molecule is CCOc1ccccc1S(=O)(=O)N1CC(c2nc(-c3ccccn3)no2)C1. The first-order valence-electron chi connectivity index (χ1n) is 8.56. The number of benzene rings is 1. The van der Waals surface area contributed by atoms with Crippen LogP contribution in [0, 0.1) is 0 Å². The number of hydrogen-bond donors (Lipinski definition) is 0. The minimum Gasteiger partial charge on any atom is -0.492 e. The van der Waals surface area contributed by atoms with Gasteiger partial charge in [-0.15, -0.1) is 0 Å². The lowest BCUT2D eigenvalue weighted by Crippen LogP contribution is -2.48. The maximum atomic E-state index is 12.9. The van der Waals surface area contributed by atoms with Gasteiger partial charge in [0.2, 0.25) is 21.7 Å². The van der Waals surface area contributed by atoms with E-state index in [0.717, 1.165) is 0 Å². The third kappa shape index (κ3) is 3.31. The second-order valence-corrected chi connectivity index (χ2v) is 7.98. The minimum atomic E-state index is -3.64. The number of aromatic nitrogens is 3.